The van der Waals surface area contributed by atoms with Crippen molar-refractivity contribution in [3.05, 3.63) is 22.8 Å². The van der Waals surface area contributed by atoms with Crippen LogP contribution in [0.3, 0.4) is 0 Å². The van der Waals surface area contributed by atoms with Gasteiger partial charge in [0.15, 0.2) is 0 Å². The highest BCUT2D eigenvalue weighted by Gasteiger charge is 2.26. The number of ether oxygens (including phenoxy) is 1. The number of carbonyl (C=O) groups excluding carboxylic acids is 1. The molecular weight excluding hydrogens is 224 g/mol. The van der Waals surface area contributed by atoms with Crippen molar-refractivity contribution in [2.24, 2.45) is 0 Å². The molecule has 0 unspecified atom stereocenters. The molecule has 0 amide bonds. The number of methoxy groups -OCH3 is 1. The second kappa shape index (κ2) is 4.04. The van der Waals surface area contributed by atoms with Crippen LogP contribution in [0.15, 0.2) is 9.05 Å². The van der Waals surface area contributed by atoms with E-state index < -0.39 is 5.97 Å². The molecule has 0 spiro atoms. The summed E-state index contributed by atoms with van der Waals surface area (Å²) in [5, 5.41) is 7.69. The average molecular weight is 236 g/mol. The van der Waals surface area contributed by atoms with Gasteiger partial charge >= 0.3 is 5.97 Å². The molecule has 0 atom stereocenters. The third-order valence-corrected chi connectivity index (χ3v) is 2.52. The molecule has 0 fully saturated rings. The molecule has 0 saturated carbocycles. The first-order valence-corrected chi connectivity index (χ1v) is 5.04. The number of hydrogen-bond donors (Lipinski definition) is 0. The van der Waals surface area contributed by atoms with Crippen molar-refractivity contribution in [1.82, 2.24) is 10.3 Å². The van der Waals surface area contributed by atoms with Gasteiger partial charge in [0, 0.05) is 0 Å². The maximum Gasteiger partial charge on any atom is 0.343 e. The molecule has 0 radical (unpaired) electrons. The van der Waals surface area contributed by atoms with Gasteiger partial charge in [-0.05, 0) is 20.8 Å². The molecule has 0 N–H and O–H groups in total. The number of aryl methyl sites for hydroxylation is 3. The normalized spacial score (nSPS) is 10.6. The lowest BCUT2D eigenvalue weighted by atomic mass is 10.1. The largest absolute Gasteiger partial charge is 0.465 e. The van der Waals surface area contributed by atoms with E-state index in [2.05, 4.69) is 10.3 Å². The van der Waals surface area contributed by atoms with Gasteiger partial charge in [-0.3, -0.25) is 0 Å². The number of carbonyl (C=O) groups is 1. The van der Waals surface area contributed by atoms with Crippen LogP contribution in [0.1, 0.15) is 27.6 Å². The Kier molecular flexibility index (Phi) is 2.71. The summed E-state index contributed by atoms with van der Waals surface area (Å²) >= 11 is 0. The van der Waals surface area contributed by atoms with Crippen LogP contribution in [0.25, 0.3) is 11.3 Å². The first kappa shape index (κ1) is 11.4. The summed E-state index contributed by atoms with van der Waals surface area (Å²) in [7, 11) is 1.31. The number of nitrogens with zero attached hydrogens (tertiary/aromatic N) is 2. The third-order valence-electron chi connectivity index (χ3n) is 2.52. The van der Waals surface area contributed by atoms with Gasteiger partial charge in [0.25, 0.3) is 0 Å². The fourth-order valence-electron chi connectivity index (χ4n) is 1.71. The first-order valence-electron chi connectivity index (χ1n) is 5.04. The summed E-state index contributed by atoms with van der Waals surface area (Å²) in [6, 6.07) is 0. The Morgan fingerprint density at radius 2 is 1.76 bits per heavy atom. The zero-order chi connectivity index (χ0) is 12.6. The van der Waals surface area contributed by atoms with Crippen molar-refractivity contribution in [2.75, 3.05) is 7.11 Å². The first-order chi connectivity index (χ1) is 8.06. The average Bonchev–Trinajstić information content (AvgIpc) is 2.82. The molecule has 0 aliphatic carbocycles. The molecule has 0 aromatic carbocycles. The van der Waals surface area contributed by atoms with Gasteiger partial charge < -0.3 is 13.8 Å². The van der Waals surface area contributed by atoms with Gasteiger partial charge in [0.1, 0.15) is 22.8 Å². The zero-order valence-corrected chi connectivity index (χ0v) is 10.0. The van der Waals surface area contributed by atoms with Gasteiger partial charge in [-0.1, -0.05) is 10.3 Å². The Bertz CT molecular complexity index is 549. The molecule has 90 valence electrons. The zero-order valence-electron chi connectivity index (χ0n) is 10.0. The quantitative estimate of drug-likeness (QED) is 0.742. The second-order valence-corrected chi connectivity index (χ2v) is 3.65. The lowest BCUT2D eigenvalue weighted by molar-refractivity contribution is 0.0599. The van der Waals surface area contributed by atoms with Crippen molar-refractivity contribution < 1.29 is 18.6 Å². The van der Waals surface area contributed by atoms with Crippen LogP contribution in [-0.2, 0) is 4.74 Å². The van der Waals surface area contributed by atoms with E-state index in [1.807, 2.05) is 0 Å². The van der Waals surface area contributed by atoms with Crippen LogP contribution < -0.4 is 0 Å². The van der Waals surface area contributed by atoms with Crippen LogP contribution in [0.2, 0.25) is 0 Å². The second-order valence-electron chi connectivity index (χ2n) is 3.65. The molecular formula is C11H12N2O4. The van der Waals surface area contributed by atoms with Crippen molar-refractivity contribution >= 4 is 5.97 Å². The highest BCUT2D eigenvalue weighted by molar-refractivity contribution is 5.97. The Morgan fingerprint density at radius 3 is 2.29 bits per heavy atom. The summed E-state index contributed by atoms with van der Waals surface area (Å²) in [5.41, 5.74) is 2.04. The minimum absolute atomic E-state index is 0.307. The monoisotopic (exact) mass is 236 g/mol. The number of aromatic nitrogens is 2. The molecule has 6 nitrogen and oxygen atoms in total. The van der Waals surface area contributed by atoms with E-state index in [1.165, 1.54) is 7.11 Å². The number of esters is 1. The van der Waals surface area contributed by atoms with Crippen LogP contribution in [0, 0.1) is 20.8 Å². The van der Waals surface area contributed by atoms with Crippen LogP contribution >= 0.6 is 0 Å². The topological polar surface area (TPSA) is 78.4 Å². The molecule has 2 aromatic heterocycles. The predicted octanol–water partition coefficient (Wildman–Crippen LogP) is 2.04. The minimum Gasteiger partial charge on any atom is -0.465 e. The van der Waals surface area contributed by atoms with Crippen molar-refractivity contribution in [3.8, 4) is 11.3 Å². The summed E-state index contributed by atoms with van der Waals surface area (Å²) in [4.78, 5) is 11.7. The van der Waals surface area contributed by atoms with Crippen molar-refractivity contribution in [2.45, 2.75) is 20.8 Å². The van der Waals surface area contributed by atoms with E-state index in [1.54, 1.807) is 20.8 Å². The predicted molar refractivity (Wildman–Crippen MR) is 57.6 cm³/mol. The van der Waals surface area contributed by atoms with Gasteiger partial charge in [-0.25, -0.2) is 4.79 Å². The van der Waals surface area contributed by atoms with E-state index in [4.69, 9.17) is 13.8 Å². The van der Waals surface area contributed by atoms with E-state index in [9.17, 15) is 4.79 Å². The lowest BCUT2D eigenvalue weighted by Crippen LogP contribution is -2.04. The van der Waals surface area contributed by atoms with Crippen LogP contribution in [0.4, 0.5) is 0 Å². The van der Waals surface area contributed by atoms with Crippen molar-refractivity contribution in [3.63, 3.8) is 0 Å². The maximum atomic E-state index is 11.7. The van der Waals surface area contributed by atoms with Gasteiger partial charge in [0.05, 0.1) is 18.4 Å². The maximum absolute atomic E-state index is 11.7. The minimum atomic E-state index is -0.487. The smallest absolute Gasteiger partial charge is 0.343 e. The summed E-state index contributed by atoms with van der Waals surface area (Å²) in [6.45, 7) is 5.18. The fraction of sp³-hybridized carbons (Fsp3) is 0.364. The van der Waals surface area contributed by atoms with Crippen LogP contribution in [0.5, 0.6) is 0 Å². The molecule has 2 heterocycles. The van der Waals surface area contributed by atoms with E-state index >= 15 is 0 Å². The molecule has 0 saturated heterocycles. The Hall–Kier alpha value is -2.11. The lowest BCUT2D eigenvalue weighted by Gasteiger charge is -1.99. The molecule has 6 heteroatoms. The fourth-order valence-corrected chi connectivity index (χ4v) is 1.71. The summed E-state index contributed by atoms with van der Waals surface area (Å²) < 4.78 is 14.8. The highest BCUT2D eigenvalue weighted by Crippen LogP contribution is 2.30. The third kappa shape index (κ3) is 1.71. The molecule has 2 aromatic rings. The number of hydrogen-bond acceptors (Lipinski definition) is 6. The molecule has 17 heavy (non-hydrogen) atoms. The summed E-state index contributed by atoms with van der Waals surface area (Å²) in [5.74, 6) is 0.506. The molecule has 0 aliphatic heterocycles. The van der Waals surface area contributed by atoms with Gasteiger partial charge in [-0.15, -0.1) is 0 Å². The van der Waals surface area contributed by atoms with E-state index in [0.717, 1.165) is 0 Å². The SMILES string of the molecule is COC(=O)c1c(-c2c(C)noc2C)noc1C. The Morgan fingerprint density at radius 1 is 1.12 bits per heavy atom. The molecule has 2 rings (SSSR count). The molecule has 0 bridgehead atoms. The van der Waals surface area contributed by atoms with Crippen molar-refractivity contribution in [1.29, 1.82) is 0 Å². The Balaban J connectivity index is 2.65. The highest BCUT2D eigenvalue weighted by atomic mass is 16.5. The van der Waals surface area contributed by atoms with E-state index in [-0.39, 0.29) is 0 Å². The van der Waals surface area contributed by atoms with Gasteiger partial charge in [-0.2, -0.15) is 0 Å². The van der Waals surface area contributed by atoms with E-state index in [0.29, 0.717) is 34.0 Å². The van der Waals surface area contributed by atoms with Crippen LogP contribution in [-0.4, -0.2) is 23.4 Å². The summed E-state index contributed by atoms with van der Waals surface area (Å²) in [6.07, 6.45) is 0. The molecule has 0 aliphatic rings. The van der Waals surface area contributed by atoms with Gasteiger partial charge in [0.2, 0.25) is 0 Å². The standard InChI is InChI=1S/C11H12N2O4/c1-5-8(6(2)16-12-5)10-9(11(14)15-4)7(3)17-13-10/h1-4H3. The Labute approximate surface area is 97.5 Å². The number of rotatable bonds is 2.